The van der Waals surface area contributed by atoms with Gasteiger partial charge in [-0.2, -0.15) is 0 Å². The molecule has 1 aliphatic rings. The average Bonchev–Trinajstić information content (AvgIpc) is 2.65. The summed E-state index contributed by atoms with van der Waals surface area (Å²) in [7, 11) is 0.462. The number of hydrogen-bond donors (Lipinski definition) is 0. The zero-order valence-electron chi connectivity index (χ0n) is 13.4. The molecule has 0 N–H and O–H groups in total. The molecule has 1 aromatic rings. The molecule has 7 heteroatoms. The molecule has 22 heavy (non-hydrogen) atoms. The Morgan fingerprint density at radius 3 is 2.32 bits per heavy atom. The Hall–Kier alpha value is -1.44. The van der Waals surface area contributed by atoms with Crippen LogP contribution in [0.5, 0.6) is 5.75 Å². The number of aldehydes is 1. The molecule has 0 amide bonds. The molecule has 0 saturated carbocycles. The summed E-state index contributed by atoms with van der Waals surface area (Å²) >= 11 is 0. The van der Waals surface area contributed by atoms with E-state index in [0.717, 1.165) is 0 Å². The normalized spacial score (nSPS) is 19.3. The first-order valence-corrected chi connectivity index (χ1v) is 6.98. The third kappa shape index (κ3) is 2.88. The van der Waals surface area contributed by atoms with Gasteiger partial charge in [0, 0.05) is 18.1 Å². The van der Waals surface area contributed by atoms with Gasteiger partial charge in [-0.3, -0.25) is 4.79 Å². The monoisotopic (exact) mass is 310 g/mol. The maximum Gasteiger partial charge on any atom is 0.498 e. The van der Waals surface area contributed by atoms with E-state index in [1.807, 2.05) is 27.7 Å². The van der Waals surface area contributed by atoms with E-state index in [1.165, 1.54) is 19.2 Å². The van der Waals surface area contributed by atoms with Crippen molar-refractivity contribution < 1.29 is 28.0 Å². The van der Waals surface area contributed by atoms with Crippen molar-refractivity contribution in [2.45, 2.75) is 38.9 Å². The minimum Gasteiger partial charge on any atom is -0.465 e. The number of hydrogen-bond acceptors (Lipinski definition) is 5. The van der Waals surface area contributed by atoms with Gasteiger partial charge in [-0.05, 0) is 39.8 Å². The lowest BCUT2D eigenvalue weighted by atomic mass is 9.75. The van der Waals surface area contributed by atoms with Gasteiger partial charge in [0.25, 0.3) is 0 Å². The fourth-order valence-corrected chi connectivity index (χ4v) is 2.12. The number of carbonyl (C=O) groups excluding carboxylic acids is 1. The quantitative estimate of drug-likeness (QED) is 0.472. The van der Waals surface area contributed by atoms with E-state index in [4.69, 9.17) is 18.8 Å². The Balaban J connectivity index is 2.43. The molecule has 1 aromatic carbocycles. The lowest BCUT2D eigenvalue weighted by molar-refractivity contribution is 0.00578. The van der Waals surface area contributed by atoms with Crippen LogP contribution in [0.15, 0.2) is 12.1 Å². The molecule has 0 bridgehead atoms. The molecular formula is C15H20BFO5. The van der Waals surface area contributed by atoms with Crippen LogP contribution in [-0.4, -0.2) is 38.5 Å². The highest BCUT2D eigenvalue weighted by molar-refractivity contribution is 6.63. The van der Waals surface area contributed by atoms with Crippen LogP contribution >= 0.6 is 0 Å². The second-order valence-corrected chi connectivity index (χ2v) is 6.14. The zero-order valence-corrected chi connectivity index (χ0v) is 13.4. The van der Waals surface area contributed by atoms with E-state index in [2.05, 4.69) is 0 Å². The number of benzene rings is 1. The highest BCUT2D eigenvalue weighted by Crippen LogP contribution is 2.37. The zero-order chi connectivity index (χ0) is 16.5. The van der Waals surface area contributed by atoms with E-state index in [-0.39, 0.29) is 23.6 Å². The Labute approximate surface area is 129 Å². The van der Waals surface area contributed by atoms with Crippen molar-refractivity contribution in [3.63, 3.8) is 0 Å². The molecule has 1 saturated heterocycles. The summed E-state index contributed by atoms with van der Waals surface area (Å²) in [6, 6.07) is 2.86. The van der Waals surface area contributed by atoms with Crippen LogP contribution in [-0.2, 0) is 14.0 Å². The Morgan fingerprint density at radius 1 is 1.23 bits per heavy atom. The molecule has 5 nitrogen and oxygen atoms in total. The van der Waals surface area contributed by atoms with Crippen molar-refractivity contribution in [1.82, 2.24) is 0 Å². The molecule has 120 valence electrons. The third-order valence-electron chi connectivity index (χ3n) is 4.13. The number of methoxy groups -OCH3 is 1. The van der Waals surface area contributed by atoms with E-state index < -0.39 is 24.1 Å². The van der Waals surface area contributed by atoms with Gasteiger partial charge >= 0.3 is 7.12 Å². The lowest BCUT2D eigenvalue weighted by Crippen LogP contribution is -2.41. The largest absolute Gasteiger partial charge is 0.498 e. The van der Waals surface area contributed by atoms with Gasteiger partial charge in [-0.15, -0.1) is 0 Å². The molecule has 1 aliphatic heterocycles. The standard InChI is InChI=1S/C15H20BFO5/c1-14(2)15(3,4)22-16(21-14)12-10(8-18)6-7-11(13(12)17)20-9-19-5/h6-8H,9H2,1-5H3. The van der Waals surface area contributed by atoms with Crippen LogP contribution in [0, 0.1) is 5.82 Å². The number of ether oxygens (including phenoxy) is 2. The molecule has 0 aliphatic carbocycles. The highest BCUT2D eigenvalue weighted by atomic mass is 19.1. The maximum atomic E-state index is 14.7. The van der Waals surface area contributed by atoms with Gasteiger partial charge in [0.15, 0.2) is 18.4 Å². The van der Waals surface area contributed by atoms with Gasteiger partial charge in [0.05, 0.1) is 11.2 Å². The molecule has 0 atom stereocenters. The van der Waals surface area contributed by atoms with Crippen molar-refractivity contribution in [2.75, 3.05) is 13.9 Å². The summed E-state index contributed by atoms with van der Waals surface area (Å²) < 4.78 is 36.3. The van der Waals surface area contributed by atoms with E-state index in [0.29, 0.717) is 6.29 Å². The average molecular weight is 310 g/mol. The van der Waals surface area contributed by atoms with Gasteiger partial charge in [0.1, 0.15) is 6.29 Å². The van der Waals surface area contributed by atoms with E-state index >= 15 is 0 Å². The third-order valence-corrected chi connectivity index (χ3v) is 4.13. The van der Waals surface area contributed by atoms with Crippen molar-refractivity contribution in [2.24, 2.45) is 0 Å². The van der Waals surface area contributed by atoms with Crippen LogP contribution in [0.25, 0.3) is 0 Å². The first-order valence-electron chi connectivity index (χ1n) is 6.98. The smallest absolute Gasteiger partial charge is 0.465 e. The molecule has 0 radical (unpaired) electrons. The molecule has 1 heterocycles. The lowest BCUT2D eigenvalue weighted by Gasteiger charge is -2.32. The predicted molar refractivity (Wildman–Crippen MR) is 80.0 cm³/mol. The van der Waals surface area contributed by atoms with Gasteiger partial charge < -0.3 is 18.8 Å². The Bertz CT molecular complexity index is 557. The van der Waals surface area contributed by atoms with Crippen molar-refractivity contribution in [3.8, 4) is 5.75 Å². The van der Waals surface area contributed by atoms with Crippen LogP contribution in [0.4, 0.5) is 4.39 Å². The summed E-state index contributed by atoms with van der Waals surface area (Å²) in [4.78, 5) is 11.2. The SMILES string of the molecule is COCOc1ccc(C=O)c(B2OC(C)(C)C(C)(C)O2)c1F. The topological polar surface area (TPSA) is 54.0 Å². The van der Waals surface area contributed by atoms with Gasteiger partial charge in [-0.1, -0.05) is 0 Å². The van der Waals surface area contributed by atoms with E-state index in [1.54, 1.807) is 0 Å². The minimum atomic E-state index is -0.976. The predicted octanol–water partition coefficient (Wildman–Crippen LogP) is 1.92. The van der Waals surface area contributed by atoms with Crippen molar-refractivity contribution in [3.05, 3.63) is 23.5 Å². The van der Waals surface area contributed by atoms with Gasteiger partial charge in [-0.25, -0.2) is 4.39 Å². The van der Waals surface area contributed by atoms with Crippen LogP contribution in [0.2, 0.25) is 0 Å². The molecular weight excluding hydrogens is 290 g/mol. The highest BCUT2D eigenvalue weighted by Gasteiger charge is 2.53. The van der Waals surface area contributed by atoms with Crippen molar-refractivity contribution >= 4 is 18.9 Å². The molecule has 1 fully saturated rings. The van der Waals surface area contributed by atoms with Crippen LogP contribution in [0.3, 0.4) is 0 Å². The number of rotatable bonds is 5. The number of halogens is 1. The van der Waals surface area contributed by atoms with E-state index in [9.17, 15) is 9.18 Å². The fourth-order valence-electron chi connectivity index (χ4n) is 2.12. The molecule has 0 spiro atoms. The summed E-state index contributed by atoms with van der Waals surface area (Å²) in [5.74, 6) is -0.697. The van der Waals surface area contributed by atoms with Crippen LogP contribution in [0.1, 0.15) is 38.1 Å². The number of carbonyl (C=O) groups is 1. The maximum absolute atomic E-state index is 14.7. The first kappa shape index (κ1) is 16.9. The van der Waals surface area contributed by atoms with Crippen LogP contribution < -0.4 is 10.2 Å². The summed E-state index contributed by atoms with van der Waals surface area (Å²) in [6.45, 7) is 7.33. The second-order valence-electron chi connectivity index (χ2n) is 6.14. The molecule has 0 unspecified atom stereocenters. The minimum absolute atomic E-state index is 0.0165. The first-order chi connectivity index (χ1) is 10.2. The summed E-state index contributed by atoms with van der Waals surface area (Å²) in [6.07, 6.45) is 0.573. The summed E-state index contributed by atoms with van der Waals surface area (Å²) in [5, 5.41) is 0. The Morgan fingerprint density at radius 2 is 1.82 bits per heavy atom. The molecule has 2 rings (SSSR count). The summed E-state index contributed by atoms with van der Waals surface area (Å²) in [5.41, 5.74) is -1.05. The fraction of sp³-hybridized carbons (Fsp3) is 0.533. The van der Waals surface area contributed by atoms with Crippen molar-refractivity contribution in [1.29, 1.82) is 0 Å². The van der Waals surface area contributed by atoms with Gasteiger partial charge in [0.2, 0.25) is 0 Å². The second kappa shape index (κ2) is 5.99. The molecule has 0 aromatic heterocycles. The Kier molecular flexibility index (Phi) is 4.61.